The first kappa shape index (κ1) is 21.2. The monoisotopic (exact) mass is 325 g/mol. The molecule has 2 atom stereocenters. The third-order valence-corrected chi connectivity index (χ3v) is 3.58. The van der Waals surface area contributed by atoms with Crippen LogP contribution in [0.5, 0.6) is 0 Å². The summed E-state index contributed by atoms with van der Waals surface area (Å²) < 4.78 is 43.3. The van der Waals surface area contributed by atoms with Crippen LogP contribution in [0.4, 0.5) is 13.2 Å². The molecule has 0 aromatic heterocycles. The van der Waals surface area contributed by atoms with Crippen LogP contribution in [0.1, 0.15) is 72.1 Å². The number of ether oxygens (including phenoxy) is 1. The molecule has 3 nitrogen and oxygen atoms in total. The van der Waals surface area contributed by atoms with E-state index in [-0.39, 0.29) is 6.42 Å². The topological polar surface area (TPSA) is 52.3 Å². The molecule has 0 heterocycles. The van der Waals surface area contributed by atoms with Crippen molar-refractivity contribution in [2.24, 2.45) is 11.7 Å². The molecule has 0 saturated heterocycles. The highest BCUT2D eigenvalue weighted by Crippen LogP contribution is 2.28. The van der Waals surface area contributed by atoms with Gasteiger partial charge in [-0.2, -0.15) is 13.2 Å². The smallest absolute Gasteiger partial charge is 0.404 e. The first-order valence-corrected chi connectivity index (χ1v) is 8.22. The van der Waals surface area contributed by atoms with E-state index in [1.807, 2.05) is 0 Å². The summed E-state index contributed by atoms with van der Waals surface area (Å²) in [6.07, 6.45) is 2.04. The van der Waals surface area contributed by atoms with Crippen molar-refractivity contribution in [3.05, 3.63) is 0 Å². The van der Waals surface area contributed by atoms with E-state index >= 15 is 0 Å². The van der Waals surface area contributed by atoms with Crippen LogP contribution < -0.4 is 5.73 Å². The van der Waals surface area contributed by atoms with Crippen LogP contribution in [0.2, 0.25) is 0 Å². The zero-order valence-corrected chi connectivity index (χ0v) is 13.9. The second kappa shape index (κ2) is 10.9. The molecule has 6 heteroatoms. The van der Waals surface area contributed by atoms with E-state index in [9.17, 15) is 18.0 Å². The van der Waals surface area contributed by atoms with Crippen LogP contribution in [0.25, 0.3) is 0 Å². The van der Waals surface area contributed by atoms with E-state index in [2.05, 4.69) is 6.92 Å². The Morgan fingerprint density at radius 1 is 1.05 bits per heavy atom. The number of nitrogens with two attached hydrogens (primary N) is 1. The number of halogens is 3. The van der Waals surface area contributed by atoms with Crippen molar-refractivity contribution in [1.82, 2.24) is 0 Å². The summed E-state index contributed by atoms with van der Waals surface area (Å²) in [6, 6.07) is -2.15. The molecule has 0 aliphatic carbocycles. The zero-order chi connectivity index (χ0) is 17.2. The fourth-order valence-corrected chi connectivity index (χ4v) is 2.31. The lowest BCUT2D eigenvalue weighted by atomic mass is 9.93. The largest absolute Gasteiger partial charge is 0.463 e. The van der Waals surface area contributed by atoms with E-state index in [1.54, 1.807) is 13.8 Å². The fourth-order valence-electron chi connectivity index (χ4n) is 2.31. The molecule has 0 aliphatic heterocycles. The van der Waals surface area contributed by atoms with Crippen molar-refractivity contribution in [1.29, 1.82) is 0 Å². The van der Waals surface area contributed by atoms with Gasteiger partial charge in [0.1, 0.15) is 6.04 Å². The van der Waals surface area contributed by atoms with Gasteiger partial charge in [-0.25, -0.2) is 0 Å². The Morgan fingerprint density at radius 3 is 2.00 bits per heavy atom. The summed E-state index contributed by atoms with van der Waals surface area (Å²) in [5, 5.41) is 0. The Hall–Kier alpha value is -0.780. The Balaban J connectivity index is 4.33. The first-order chi connectivity index (χ1) is 10.2. The van der Waals surface area contributed by atoms with Gasteiger partial charge in [0, 0.05) is 0 Å². The van der Waals surface area contributed by atoms with Crippen molar-refractivity contribution in [2.75, 3.05) is 0 Å². The molecule has 2 N–H and O–H groups in total. The molecule has 0 radical (unpaired) electrons. The van der Waals surface area contributed by atoms with Gasteiger partial charge in [0.2, 0.25) is 0 Å². The van der Waals surface area contributed by atoms with Crippen LogP contribution in [-0.2, 0) is 9.53 Å². The maximum atomic E-state index is 12.8. The maximum Gasteiger partial charge on any atom is 0.404 e. The van der Waals surface area contributed by atoms with E-state index in [0.717, 1.165) is 32.1 Å². The van der Waals surface area contributed by atoms with Crippen LogP contribution in [0.15, 0.2) is 0 Å². The van der Waals surface area contributed by atoms with Gasteiger partial charge in [-0.1, -0.05) is 51.9 Å². The van der Waals surface area contributed by atoms with Crippen LogP contribution in [0, 0.1) is 5.92 Å². The molecule has 0 rings (SSSR count). The minimum absolute atomic E-state index is 0.125. The molecular formula is C16H30F3NO2. The quantitative estimate of drug-likeness (QED) is 0.447. The molecule has 0 bridgehead atoms. The Kier molecular flexibility index (Phi) is 10.5. The molecule has 132 valence electrons. The van der Waals surface area contributed by atoms with Gasteiger partial charge in [0.25, 0.3) is 0 Å². The number of alkyl halides is 3. The van der Waals surface area contributed by atoms with Crippen molar-refractivity contribution < 1.29 is 22.7 Å². The molecule has 0 unspecified atom stereocenters. The lowest BCUT2D eigenvalue weighted by Gasteiger charge is -2.25. The van der Waals surface area contributed by atoms with E-state index in [0.29, 0.717) is 6.42 Å². The Labute approximate surface area is 131 Å². The molecule has 0 fully saturated rings. The predicted molar refractivity (Wildman–Crippen MR) is 81.4 cm³/mol. The number of carbonyl (C=O) groups is 1. The van der Waals surface area contributed by atoms with Crippen LogP contribution in [0.3, 0.4) is 0 Å². The number of hydrogen-bond donors (Lipinski definition) is 1. The fraction of sp³-hybridized carbons (Fsp3) is 0.938. The number of carbonyl (C=O) groups excluding carboxylic acids is 1. The predicted octanol–water partition coefficient (Wildman–Crippen LogP) is 4.58. The summed E-state index contributed by atoms with van der Waals surface area (Å²) in [7, 11) is 0. The first-order valence-electron chi connectivity index (χ1n) is 8.22. The Morgan fingerprint density at radius 2 is 1.55 bits per heavy atom. The molecule has 0 aromatic carbocycles. The minimum atomic E-state index is -4.58. The van der Waals surface area contributed by atoms with Crippen molar-refractivity contribution in [3.8, 4) is 0 Å². The van der Waals surface area contributed by atoms with Gasteiger partial charge in [-0.3, -0.25) is 4.79 Å². The minimum Gasteiger partial charge on any atom is -0.463 e. The van der Waals surface area contributed by atoms with Crippen molar-refractivity contribution in [2.45, 2.75) is 90.5 Å². The van der Waals surface area contributed by atoms with Crippen LogP contribution >= 0.6 is 0 Å². The maximum absolute atomic E-state index is 12.8. The summed E-state index contributed by atoms with van der Waals surface area (Å²) in [5.74, 6) is -2.15. The summed E-state index contributed by atoms with van der Waals surface area (Å²) >= 11 is 0. The molecule has 0 aliphatic rings. The highest BCUT2D eigenvalue weighted by atomic mass is 19.4. The highest BCUT2D eigenvalue weighted by molar-refractivity contribution is 5.73. The third kappa shape index (κ3) is 9.28. The number of hydrogen-bond acceptors (Lipinski definition) is 3. The average Bonchev–Trinajstić information content (AvgIpc) is 2.39. The summed E-state index contributed by atoms with van der Waals surface area (Å²) in [4.78, 5) is 11.8. The van der Waals surface area contributed by atoms with Gasteiger partial charge in [0.05, 0.1) is 12.0 Å². The standard InChI is InChI=1S/C16H30F3NO2/c1-4-5-6-7-8-9-10-11-13(14(20)16(17,18)19)15(21)22-12(2)3/h12-14H,4-11,20H2,1-3H3/t13-,14-/m1/s1. The normalized spacial score (nSPS) is 14.9. The van der Waals surface area contributed by atoms with E-state index in [1.165, 1.54) is 6.42 Å². The van der Waals surface area contributed by atoms with Gasteiger partial charge < -0.3 is 10.5 Å². The molecule has 0 saturated carbocycles. The van der Waals surface area contributed by atoms with Gasteiger partial charge >= 0.3 is 12.1 Å². The van der Waals surface area contributed by atoms with Crippen LogP contribution in [-0.4, -0.2) is 24.3 Å². The van der Waals surface area contributed by atoms with Crippen molar-refractivity contribution in [3.63, 3.8) is 0 Å². The number of unbranched alkanes of at least 4 members (excludes halogenated alkanes) is 6. The summed E-state index contributed by atoms with van der Waals surface area (Å²) in [6.45, 7) is 5.35. The highest BCUT2D eigenvalue weighted by Gasteiger charge is 2.45. The zero-order valence-electron chi connectivity index (χ0n) is 13.9. The number of rotatable bonds is 11. The van der Waals surface area contributed by atoms with Gasteiger partial charge in [-0.15, -0.1) is 0 Å². The summed E-state index contributed by atoms with van der Waals surface area (Å²) in [5.41, 5.74) is 5.23. The Bertz CT molecular complexity index is 306. The van der Waals surface area contributed by atoms with Gasteiger partial charge in [-0.05, 0) is 20.3 Å². The second-order valence-electron chi connectivity index (χ2n) is 6.07. The molecular weight excluding hydrogens is 295 g/mol. The molecule has 0 amide bonds. The molecule has 0 spiro atoms. The molecule has 22 heavy (non-hydrogen) atoms. The molecule has 0 aromatic rings. The van der Waals surface area contributed by atoms with Crippen molar-refractivity contribution >= 4 is 5.97 Å². The lowest BCUT2D eigenvalue weighted by molar-refractivity contribution is -0.179. The van der Waals surface area contributed by atoms with E-state index in [4.69, 9.17) is 10.5 Å². The SMILES string of the molecule is CCCCCCCCC[C@@H](C(=O)OC(C)C)[C@@H](N)C(F)(F)F. The van der Waals surface area contributed by atoms with Gasteiger partial charge in [0.15, 0.2) is 0 Å². The van der Waals surface area contributed by atoms with E-state index < -0.39 is 30.2 Å². The number of esters is 1. The third-order valence-electron chi connectivity index (χ3n) is 3.58. The average molecular weight is 325 g/mol. The second-order valence-corrected chi connectivity index (χ2v) is 6.07. The lowest BCUT2D eigenvalue weighted by Crippen LogP contribution is -2.47.